The van der Waals surface area contributed by atoms with Crippen LogP contribution in [0.5, 0.6) is 0 Å². The molecular formula is C25H35N5. The number of piperidine rings is 1. The highest BCUT2D eigenvalue weighted by atomic mass is 15.1. The first kappa shape index (κ1) is 22.0. The Morgan fingerprint density at radius 1 is 0.900 bits per heavy atom. The minimum atomic E-state index is 0.652. The third-order valence-corrected chi connectivity index (χ3v) is 5.46. The van der Waals surface area contributed by atoms with Crippen LogP contribution in [0.25, 0.3) is 0 Å². The molecule has 5 heteroatoms. The summed E-state index contributed by atoms with van der Waals surface area (Å²) in [6.45, 7) is 9.67. The maximum absolute atomic E-state index is 5.72. The molecule has 0 spiro atoms. The van der Waals surface area contributed by atoms with Gasteiger partial charge >= 0.3 is 0 Å². The zero-order valence-electron chi connectivity index (χ0n) is 18.4. The first-order valence-corrected chi connectivity index (χ1v) is 11.0. The van der Waals surface area contributed by atoms with Crippen molar-refractivity contribution in [2.75, 3.05) is 25.4 Å². The van der Waals surface area contributed by atoms with Gasteiger partial charge < -0.3 is 11.1 Å². The molecule has 0 aromatic heterocycles. The summed E-state index contributed by atoms with van der Waals surface area (Å²) >= 11 is 0. The van der Waals surface area contributed by atoms with Crippen molar-refractivity contribution in [2.45, 2.75) is 52.7 Å². The van der Waals surface area contributed by atoms with E-state index < -0.39 is 0 Å². The molecule has 3 rings (SSSR count). The Morgan fingerprint density at radius 3 is 2.37 bits per heavy atom. The molecule has 3 N–H and O–H groups in total. The molecule has 160 valence electrons. The van der Waals surface area contributed by atoms with Crippen LogP contribution in [0.1, 0.15) is 49.8 Å². The fourth-order valence-electron chi connectivity index (χ4n) is 3.63. The predicted octanol–water partition coefficient (Wildman–Crippen LogP) is 4.42. The van der Waals surface area contributed by atoms with Gasteiger partial charge in [-0.15, -0.1) is 0 Å². The van der Waals surface area contributed by atoms with Gasteiger partial charge in [0.25, 0.3) is 0 Å². The highest BCUT2D eigenvalue weighted by Gasteiger charge is 2.10. The molecule has 1 fully saturated rings. The number of nitrogen functional groups attached to an aromatic ring is 1. The second-order valence-electron chi connectivity index (χ2n) is 8.21. The number of rotatable bonds is 8. The number of nitrogens with one attached hydrogen (secondary N) is 1. The summed E-state index contributed by atoms with van der Waals surface area (Å²) in [5, 5.41) is 3.35. The van der Waals surface area contributed by atoms with Gasteiger partial charge in [0.2, 0.25) is 0 Å². The molecule has 2 aromatic rings. The highest BCUT2D eigenvalue weighted by molar-refractivity contribution is 5.89. The Hall–Kier alpha value is -2.66. The standard InChI is InChI=1S/C25H35N5/c1-20(16-28-21(2)29-17-22-9-11-25(26)12-10-22)27-18-23-7-6-8-24(15-23)19-30-13-4-3-5-14-30/h6-12,15H,3-5,13-14,16-19,26H2,1-2H3,(H,28,29). The van der Waals surface area contributed by atoms with Crippen LogP contribution in [0.3, 0.4) is 0 Å². The molecule has 0 saturated carbocycles. The van der Waals surface area contributed by atoms with Crippen molar-refractivity contribution in [3.63, 3.8) is 0 Å². The fourth-order valence-corrected chi connectivity index (χ4v) is 3.63. The Balaban J connectivity index is 1.44. The van der Waals surface area contributed by atoms with E-state index in [-0.39, 0.29) is 0 Å². The quantitative estimate of drug-likeness (QED) is 0.388. The van der Waals surface area contributed by atoms with Crippen LogP contribution >= 0.6 is 0 Å². The van der Waals surface area contributed by atoms with Crippen LogP contribution in [-0.2, 0) is 19.6 Å². The molecule has 0 unspecified atom stereocenters. The molecule has 5 nitrogen and oxygen atoms in total. The lowest BCUT2D eigenvalue weighted by Gasteiger charge is -2.26. The number of anilines is 1. The lowest BCUT2D eigenvalue weighted by molar-refractivity contribution is 0.221. The van der Waals surface area contributed by atoms with Gasteiger partial charge in [-0.1, -0.05) is 42.8 Å². The van der Waals surface area contributed by atoms with E-state index in [9.17, 15) is 0 Å². The summed E-state index contributed by atoms with van der Waals surface area (Å²) in [6.07, 6.45) is 4.04. The van der Waals surface area contributed by atoms with E-state index in [2.05, 4.69) is 46.4 Å². The Morgan fingerprint density at radius 2 is 1.60 bits per heavy atom. The van der Waals surface area contributed by atoms with Crippen LogP contribution in [-0.4, -0.2) is 36.1 Å². The first-order valence-electron chi connectivity index (χ1n) is 11.0. The maximum Gasteiger partial charge on any atom is 0.0938 e. The number of likely N-dealkylation sites (tertiary alicyclic amines) is 1. The Kier molecular flexibility index (Phi) is 8.45. The van der Waals surface area contributed by atoms with E-state index in [1.165, 1.54) is 43.5 Å². The number of benzene rings is 2. The number of hydrogen-bond acceptors (Lipinski definition) is 4. The second-order valence-corrected chi connectivity index (χ2v) is 8.21. The van der Waals surface area contributed by atoms with Crippen molar-refractivity contribution >= 4 is 17.2 Å². The summed E-state index contributed by atoms with van der Waals surface area (Å²) in [4.78, 5) is 11.9. The van der Waals surface area contributed by atoms with Crippen molar-refractivity contribution in [2.24, 2.45) is 9.98 Å². The molecule has 1 heterocycles. The van der Waals surface area contributed by atoms with Gasteiger partial charge in [-0.05, 0) is 68.6 Å². The molecule has 1 saturated heterocycles. The Bertz CT molecular complexity index is 848. The van der Waals surface area contributed by atoms with E-state index >= 15 is 0 Å². The van der Waals surface area contributed by atoms with Gasteiger partial charge in [-0.2, -0.15) is 0 Å². The van der Waals surface area contributed by atoms with Crippen molar-refractivity contribution in [1.82, 2.24) is 10.2 Å². The monoisotopic (exact) mass is 405 g/mol. The van der Waals surface area contributed by atoms with Gasteiger partial charge in [0.1, 0.15) is 0 Å². The normalized spacial score (nSPS) is 15.9. The van der Waals surface area contributed by atoms with Gasteiger partial charge in [0.05, 0.1) is 25.5 Å². The van der Waals surface area contributed by atoms with Crippen LogP contribution in [0, 0.1) is 0 Å². The number of nitrogens with two attached hydrogens (primary N) is 1. The zero-order valence-corrected chi connectivity index (χ0v) is 18.4. The van der Waals surface area contributed by atoms with Crippen molar-refractivity contribution in [3.8, 4) is 0 Å². The minimum absolute atomic E-state index is 0.652. The molecule has 0 radical (unpaired) electrons. The molecule has 0 aliphatic carbocycles. The van der Waals surface area contributed by atoms with Crippen molar-refractivity contribution in [3.05, 3.63) is 65.2 Å². The second kappa shape index (κ2) is 11.5. The molecular weight excluding hydrogens is 370 g/mol. The van der Waals surface area contributed by atoms with Gasteiger partial charge in [0, 0.05) is 17.9 Å². The van der Waals surface area contributed by atoms with E-state index in [0.717, 1.165) is 35.9 Å². The van der Waals surface area contributed by atoms with Crippen molar-refractivity contribution < 1.29 is 0 Å². The topological polar surface area (TPSA) is 66.0 Å². The third-order valence-electron chi connectivity index (χ3n) is 5.46. The molecule has 0 amide bonds. The van der Waals surface area contributed by atoms with Crippen LogP contribution in [0.2, 0.25) is 0 Å². The summed E-state index contributed by atoms with van der Waals surface area (Å²) < 4.78 is 0. The largest absolute Gasteiger partial charge is 0.399 e. The van der Waals surface area contributed by atoms with Gasteiger partial charge in [0.15, 0.2) is 0 Å². The van der Waals surface area contributed by atoms with Gasteiger partial charge in [-0.3, -0.25) is 14.9 Å². The summed E-state index contributed by atoms with van der Waals surface area (Å²) in [7, 11) is 0. The zero-order chi connectivity index (χ0) is 21.2. The first-order chi connectivity index (χ1) is 14.6. The van der Waals surface area contributed by atoms with E-state index in [0.29, 0.717) is 13.1 Å². The summed E-state index contributed by atoms with van der Waals surface area (Å²) in [6, 6.07) is 16.7. The fraction of sp³-hybridized carbons (Fsp3) is 0.440. The lowest BCUT2D eigenvalue weighted by atomic mass is 10.1. The smallest absolute Gasteiger partial charge is 0.0938 e. The summed E-state index contributed by atoms with van der Waals surface area (Å²) in [5.41, 5.74) is 11.4. The van der Waals surface area contributed by atoms with E-state index in [1.807, 2.05) is 31.2 Å². The minimum Gasteiger partial charge on any atom is -0.399 e. The lowest BCUT2D eigenvalue weighted by Crippen LogP contribution is -2.29. The van der Waals surface area contributed by atoms with Gasteiger partial charge in [-0.25, -0.2) is 0 Å². The average molecular weight is 406 g/mol. The predicted molar refractivity (Wildman–Crippen MR) is 128 cm³/mol. The molecule has 1 aliphatic heterocycles. The number of nitrogens with zero attached hydrogens (tertiary/aromatic N) is 3. The summed E-state index contributed by atoms with van der Waals surface area (Å²) in [5.74, 6) is 0.921. The Labute approximate surface area is 181 Å². The average Bonchev–Trinajstić information content (AvgIpc) is 2.77. The number of hydrogen-bond donors (Lipinski definition) is 2. The SMILES string of the molecule is CC(CNC(C)=NCc1ccc(N)cc1)=NCc1cccc(CN2CCCCC2)c1. The van der Waals surface area contributed by atoms with Crippen LogP contribution < -0.4 is 11.1 Å². The van der Waals surface area contributed by atoms with Crippen molar-refractivity contribution in [1.29, 1.82) is 0 Å². The van der Waals surface area contributed by atoms with E-state index in [4.69, 9.17) is 10.7 Å². The molecule has 30 heavy (non-hydrogen) atoms. The molecule has 0 atom stereocenters. The maximum atomic E-state index is 5.72. The third kappa shape index (κ3) is 7.64. The number of aliphatic imine (C=N–C) groups is 2. The molecule has 2 aromatic carbocycles. The van der Waals surface area contributed by atoms with Crippen LogP contribution in [0.15, 0.2) is 58.5 Å². The molecule has 0 bridgehead atoms. The molecule has 1 aliphatic rings. The highest BCUT2D eigenvalue weighted by Crippen LogP contribution is 2.14. The number of amidine groups is 1. The van der Waals surface area contributed by atoms with Crippen LogP contribution in [0.4, 0.5) is 5.69 Å². The van der Waals surface area contributed by atoms with E-state index in [1.54, 1.807) is 0 Å².